The van der Waals surface area contributed by atoms with E-state index in [1.54, 1.807) is 24.4 Å². The van der Waals surface area contributed by atoms with E-state index >= 15 is 0 Å². The Morgan fingerprint density at radius 2 is 2.04 bits per heavy atom. The van der Waals surface area contributed by atoms with Crippen molar-refractivity contribution in [3.05, 3.63) is 53.1 Å². The van der Waals surface area contributed by atoms with Crippen LogP contribution in [0.1, 0.15) is 29.4 Å². The molecule has 1 N–H and O–H groups in total. The zero-order chi connectivity index (χ0) is 19.6. The lowest BCUT2D eigenvalue weighted by atomic mass is 10.1. The molecule has 27 heavy (non-hydrogen) atoms. The Labute approximate surface area is 156 Å². The topological polar surface area (TPSA) is 98.5 Å². The van der Waals surface area contributed by atoms with Crippen LogP contribution in [0.5, 0.6) is 0 Å². The number of ether oxygens (including phenoxy) is 1. The van der Waals surface area contributed by atoms with E-state index < -0.39 is 12.1 Å². The van der Waals surface area contributed by atoms with E-state index in [0.717, 1.165) is 11.3 Å². The highest BCUT2D eigenvalue weighted by atomic mass is 16.5. The number of esters is 1. The molecule has 8 heteroatoms. The van der Waals surface area contributed by atoms with Crippen molar-refractivity contribution in [2.45, 2.75) is 40.2 Å². The van der Waals surface area contributed by atoms with E-state index in [9.17, 15) is 9.59 Å². The molecule has 1 atom stereocenters. The summed E-state index contributed by atoms with van der Waals surface area (Å²) in [5.74, 6) is -0.408. The number of amides is 1. The molecule has 0 saturated heterocycles. The average molecular weight is 367 g/mol. The Kier molecular flexibility index (Phi) is 5.16. The molecule has 0 aliphatic rings. The Morgan fingerprint density at radius 3 is 2.78 bits per heavy atom. The van der Waals surface area contributed by atoms with Crippen molar-refractivity contribution in [1.29, 1.82) is 0 Å². The molecule has 0 spiro atoms. The van der Waals surface area contributed by atoms with Crippen molar-refractivity contribution < 1.29 is 14.3 Å². The zero-order valence-corrected chi connectivity index (χ0v) is 15.7. The second-order valence-corrected chi connectivity index (χ2v) is 6.40. The zero-order valence-electron chi connectivity index (χ0n) is 15.7. The average Bonchev–Trinajstić information content (AvgIpc) is 3.07. The van der Waals surface area contributed by atoms with Crippen molar-refractivity contribution in [3.8, 4) is 0 Å². The number of anilines is 1. The number of benzene rings is 1. The number of carbonyl (C=O) groups is 2. The molecule has 0 aliphatic heterocycles. The minimum atomic E-state index is -0.915. The molecule has 0 radical (unpaired) electrons. The van der Waals surface area contributed by atoms with Gasteiger partial charge in [-0.3, -0.25) is 9.59 Å². The van der Waals surface area contributed by atoms with Crippen LogP contribution in [0, 0.1) is 20.8 Å². The number of hydrogen-bond donors (Lipinski definition) is 1. The first-order valence-corrected chi connectivity index (χ1v) is 8.58. The molecular weight excluding hydrogens is 346 g/mol. The number of carbonyl (C=O) groups excluding carboxylic acids is 2. The maximum Gasteiger partial charge on any atom is 0.311 e. The van der Waals surface area contributed by atoms with Crippen LogP contribution in [-0.2, 0) is 20.7 Å². The van der Waals surface area contributed by atoms with Crippen molar-refractivity contribution in [1.82, 2.24) is 19.6 Å². The monoisotopic (exact) mass is 367 g/mol. The highest BCUT2D eigenvalue weighted by molar-refractivity contribution is 5.95. The molecule has 2 heterocycles. The molecule has 0 saturated carbocycles. The highest BCUT2D eigenvalue weighted by Crippen LogP contribution is 2.15. The van der Waals surface area contributed by atoms with Gasteiger partial charge in [-0.05, 0) is 45.4 Å². The fourth-order valence-corrected chi connectivity index (χ4v) is 2.81. The smallest absolute Gasteiger partial charge is 0.311 e. The summed E-state index contributed by atoms with van der Waals surface area (Å²) in [5.41, 5.74) is 3.85. The minimum Gasteiger partial charge on any atom is -0.452 e. The quantitative estimate of drug-likeness (QED) is 0.694. The van der Waals surface area contributed by atoms with Gasteiger partial charge < -0.3 is 10.1 Å². The first-order chi connectivity index (χ1) is 12.8. The molecular formula is C19H21N5O3. The number of nitrogens with zero attached hydrogens (tertiary/aromatic N) is 4. The van der Waals surface area contributed by atoms with Crippen LogP contribution in [0.3, 0.4) is 0 Å². The first kappa shape index (κ1) is 18.5. The van der Waals surface area contributed by atoms with Crippen LogP contribution in [-0.4, -0.2) is 37.6 Å². The van der Waals surface area contributed by atoms with Crippen molar-refractivity contribution in [3.63, 3.8) is 0 Å². The third-order valence-corrected chi connectivity index (χ3v) is 4.27. The summed E-state index contributed by atoms with van der Waals surface area (Å²) in [4.78, 5) is 33.0. The molecule has 3 rings (SSSR count). The fraction of sp³-hybridized carbons (Fsp3) is 0.316. The Morgan fingerprint density at radius 1 is 1.26 bits per heavy atom. The number of rotatable bonds is 5. The molecule has 8 nitrogen and oxygen atoms in total. The second-order valence-electron chi connectivity index (χ2n) is 6.40. The van der Waals surface area contributed by atoms with Crippen LogP contribution in [0.25, 0.3) is 5.78 Å². The van der Waals surface area contributed by atoms with Gasteiger partial charge in [-0.25, -0.2) is 9.50 Å². The summed E-state index contributed by atoms with van der Waals surface area (Å²) in [6.45, 7) is 7.12. The molecule has 0 fully saturated rings. The van der Waals surface area contributed by atoms with E-state index in [-0.39, 0.29) is 12.3 Å². The Balaban J connectivity index is 1.66. The number of fused-ring (bicyclic) bond motifs is 1. The molecule has 1 amide bonds. The van der Waals surface area contributed by atoms with Crippen molar-refractivity contribution >= 4 is 23.3 Å². The van der Waals surface area contributed by atoms with Gasteiger partial charge in [-0.2, -0.15) is 10.1 Å². The van der Waals surface area contributed by atoms with Gasteiger partial charge >= 0.3 is 5.97 Å². The molecule has 0 aliphatic carbocycles. The third kappa shape index (κ3) is 4.11. The van der Waals surface area contributed by atoms with E-state index in [1.165, 1.54) is 6.33 Å². The molecule has 3 aromatic rings. The van der Waals surface area contributed by atoms with Crippen LogP contribution in [0.15, 0.2) is 30.6 Å². The lowest BCUT2D eigenvalue weighted by Crippen LogP contribution is -2.30. The largest absolute Gasteiger partial charge is 0.452 e. The van der Waals surface area contributed by atoms with Gasteiger partial charge in [0, 0.05) is 22.6 Å². The van der Waals surface area contributed by atoms with Gasteiger partial charge in [0.25, 0.3) is 11.7 Å². The summed E-state index contributed by atoms with van der Waals surface area (Å²) in [6, 6.07) is 7.41. The minimum absolute atomic E-state index is 0.00251. The lowest BCUT2D eigenvalue weighted by Gasteiger charge is -2.15. The first-order valence-electron chi connectivity index (χ1n) is 8.58. The predicted octanol–water partition coefficient (Wildman–Crippen LogP) is 2.16. The van der Waals surface area contributed by atoms with E-state index in [4.69, 9.17) is 4.74 Å². The summed E-state index contributed by atoms with van der Waals surface area (Å²) in [7, 11) is 0. The predicted molar refractivity (Wildman–Crippen MR) is 99.3 cm³/mol. The van der Waals surface area contributed by atoms with Crippen LogP contribution < -0.4 is 5.32 Å². The van der Waals surface area contributed by atoms with Gasteiger partial charge in [-0.15, -0.1) is 0 Å². The number of aryl methyl sites for hydroxylation is 3. The van der Waals surface area contributed by atoms with Crippen molar-refractivity contribution in [2.75, 3.05) is 5.32 Å². The number of hydrogen-bond acceptors (Lipinski definition) is 6. The van der Waals surface area contributed by atoms with Gasteiger partial charge in [0.1, 0.15) is 6.33 Å². The Hall–Kier alpha value is -3.29. The third-order valence-electron chi connectivity index (χ3n) is 4.27. The van der Waals surface area contributed by atoms with Crippen LogP contribution in [0.4, 0.5) is 5.69 Å². The van der Waals surface area contributed by atoms with Gasteiger partial charge in [0.15, 0.2) is 6.10 Å². The highest BCUT2D eigenvalue weighted by Gasteiger charge is 2.20. The normalized spacial score (nSPS) is 12.0. The molecule has 140 valence electrons. The standard InChI is InChI=1S/C19H21N5O3/c1-11-6-5-7-15(8-11)23-18(26)14(4)27-17(25)9-16-12(2)22-19-20-10-21-24(19)13(16)3/h5-8,10,14H,9H2,1-4H3,(H,23,26)/t14-/m1/s1. The van der Waals surface area contributed by atoms with Crippen LogP contribution >= 0.6 is 0 Å². The maximum atomic E-state index is 12.3. The van der Waals surface area contributed by atoms with E-state index in [1.807, 2.05) is 32.0 Å². The summed E-state index contributed by atoms with van der Waals surface area (Å²) in [5, 5.41) is 6.84. The summed E-state index contributed by atoms with van der Waals surface area (Å²) >= 11 is 0. The SMILES string of the molecule is Cc1cccc(NC(=O)[C@@H](C)OC(=O)Cc2c(C)nc3ncnn3c2C)c1. The van der Waals surface area contributed by atoms with E-state index in [0.29, 0.717) is 22.7 Å². The van der Waals surface area contributed by atoms with Gasteiger partial charge in [-0.1, -0.05) is 12.1 Å². The molecule has 0 unspecified atom stereocenters. The fourth-order valence-electron chi connectivity index (χ4n) is 2.81. The second kappa shape index (κ2) is 7.53. The van der Waals surface area contributed by atoms with Gasteiger partial charge in [0.05, 0.1) is 6.42 Å². The number of nitrogens with one attached hydrogen (secondary N) is 1. The molecule has 0 bridgehead atoms. The molecule has 2 aromatic heterocycles. The Bertz CT molecular complexity index is 1010. The summed E-state index contributed by atoms with van der Waals surface area (Å²) in [6.07, 6.45) is 0.499. The summed E-state index contributed by atoms with van der Waals surface area (Å²) < 4.78 is 6.87. The maximum absolute atomic E-state index is 12.3. The van der Waals surface area contributed by atoms with Gasteiger partial charge in [0.2, 0.25) is 0 Å². The number of aromatic nitrogens is 4. The van der Waals surface area contributed by atoms with Crippen molar-refractivity contribution in [2.24, 2.45) is 0 Å². The molecule has 1 aromatic carbocycles. The van der Waals surface area contributed by atoms with E-state index in [2.05, 4.69) is 20.4 Å². The van der Waals surface area contributed by atoms with Crippen LogP contribution in [0.2, 0.25) is 0 Å². The lowest BCUT2D eigenvalue weighted by molar-refractivity contribution is -0.152.